The minimum absolute atomic E-state index is 0. The Hall–Kier alpha value is -1.16. The van der Waals surface area contributed by atoms with Gasteiger partial charge in [0.25, 0.3) is 5.91 Å². The zero-order valence-electron chi connectivity index (χ0n) is 16.1. The van der Waals surface area contributed by atoms with Gasteiger partial charge in [0.1, 0.15) is 5.75 Å². The van der Waals surface area contributed by atoms with Crippen molar-refractivity contribution in [1.82, 2.24) is 15.5 Å². The van der Waals surface area contributed by atoms with Crippen molar-refractivity contribution >= 4 is 47.6 Å². The van der Waals surface area contributed by atoms with Crippen LogP contribution in [0.2, 0.25) is 0 Å². The van der Waals surface area contributed by atoms with Crippen LogP contribution in [-0.4, -0.2) is 65.6 Å². The number of aromatic hydroxyl groups is 1. The summed E-state index contributed by atoms with van der Waals surface area (Å²) in [4.78, 5) is 19.1. The molecule has 0 bridgehead atoms. The molecule has 1 aromatic carbocycles. The SMILES string of the molecule is CCNC(=NCCCNC(=O)c1cccc(O)c1)N1CCSC(CC)C1.I. The molecule has 8 heteroatoms. The maximum atomic E-state index is 12.0. The van der Waals surface area contributed by atoms with Crippen LogP contribution in [0.15, 0.2) is 29.3 Å². The minimum Gasteiger partial charge on any atom is -0.508 e. The highest BCUT2D eigenvalue weighted by molar-refractivity contribution is 14.0. The van der Waals surface area contributed by atoms with Gasteiger partial charge in [-0.3, -0.25) is 9.79 Å². The maximum Gasteiger partial charge on any atom is 0.251 e. The molecule has 152 valence electrons. The van der Waals surface area contributed by atoms with Crippen molar-refractivity contribution in [1.29, 1.82) is 0 Å². The molecular weight excluding hydrogens is 475 g/mol. The van der Waals surface area contributed by atoms with Crippen molar-refractivity contribution < 1.29 is 9.90 Å². The van der Waals surface area contributed by atoms with Crippen LogP contribution < -0.4 is 10.6 Å². The van der Waals surface area contributed by atoms with E-state index in [0.29, 0.717) is 23.9 Å². The lowest BCUT2D eigenvalue weighted by molar-refractivity contribution is 0.0953. The second-order valence-corrected chi connectivity index (χ2v) is 7.65. The Balaban J connectivity index is 0.00000364. The summed E-state index contributed by atoms with van der Waals surface area (Å²) in [6, 6.07) is 6.37. The van der Waals surface area contributed by atoms with E-state index in [1.165, 1.54) is 12.5 Å². The van der Waals surface area contributed by atoms with E-state index in [2.05, 4.69) is 29.4 Å². The lowest BCUT2D eigenvalue weighted by Gasteiger charge is -2.34. The average molecular weight is 506 g/mol. The normalized spacial score (nSPS) is 17.2. The number of amides is 1. The molecule has 0 radical (unpaired) electrons. The molecule has 1 aliphatic heterocycles. The molecule has 1 saturated heterocycles. The van der Waals surface area contributed by atoms with Crippen molar-refractivity contribution in [3.8, 4) is 5.75 Å². The molecule has 27 heavy (non-hydrogen) atoms. The smallest absolute Gasteiger partial charge is 0.251 e. The van der Waals surface area contributed by atoms with Gasteiger partial charge in [-0.15, -0.1) is 24.0 Å². The standard InChI is InChI=1S/C19H30N4O2S.HI/c1-3-17-14-23(11-12-26-17)19(20-4-2)22-10-6-9-21-18(25)15-7-5-8-16(24)13-15;/h5,7-8,13,17,24H,3-4,6,9-12,14H2,1-2H3,(H,20,22)(H,21,25);1H. The molecule has 6 nitrogen and oxygen atoms in total. The number of phenols is 1. The van der Waals surface area contributed by atoms with E-state index in [1.807, 2.05) is 11.8 Å². The van der Waals surface area contributed by atoms with E-state index >= 15 is 0 Å². The third-order valence-corrected chi connectivity index (χ3v) is 5.59. The Bertz CT molecular complexity index is 615. The molecule has 1 atom stereocenters. The van der Waals surface area contributed by atoms with Crippen LogP contribution in [0.5, 0.6) is 5.75 Å². The minimum atomic E-state index is -0.171. The highest BCUT2D eigenvalue weighted by Crippen LogP contribution is 2.21. The summed E-state index contributed by atoms with van der Waals surface area (Å²) in [5, 5.41) is 16.4. The van der Waals surface area contributed by atoms with E-state index in [9.17, 15) is 9.90 Å². The van der Waals surface area contributed by atoms with Crippen LogP contribution in [0.3, 0.4) is 0 Å². The van der Waals surface area contributed by atoms with Gasteiger partial charge in [0.05, 0.1) is 0 Å². The monoisotopic (exact) mass is 506 g/mol. The van der Waals surface area contributed by atoms with Gasteiger partial charge in [-0.05, 0) is 38.0 Å². The molecular formula is C19H31IN4O2S. The van der Waals surface area contributed by atoms with E-state index in [0.717, 1.165) is 37.8 Å². The number of carbonyl (C=O) groups is 1. The van der Waals surface area contributed by atoms with Gasteiger partial charge in [0.2, 0.25) is 0 Å². The number of benzene rings is 1. The fraction of sp³-hybridized carbons (Fsp3) is 0.579. The number of nitrogens with one attached hydrogen (secondary N) is 2. The summed E-state index contributed by atoms with van der Waals surface area (Å²) in [6.07, 6.45) is 1.96. The highest BCUT2D eigenvalue weighted by Gasteiger charge is 2.21. The topological polar surface area (TPSA) is 77.0 Å². The Morgan fingerprint density at radius 3 is 2.89 bits per heavy atom. The summed E-state index contributed by atoms with van der Waals surface area (Å²) in [5.74, 6) is 2.05. The third-order valence-electron chi connectivity index (χ3n) is 4.22. The van der Waals surface area contributed by atoms with Crippen LogP contribution in [0.25, 0.3) is 0 Å². The number of aliphatic imine (C=N–C) groups is 1. The lowest BCUT2D eigenvalue weighted by atomic mass is 10.2. The van der Waals surface area contributed by atoms with Crippen molar-refractivity contribution in [2.75, 3.05) is 38.5 Å². The number of rotatable bonds is 7. The molecule has 0 spiro atoms. The summed E-state index contributed by atoms with van der Waals surface area (Å²) < 4.78 is 0. The van der Waals surface area contributed by atoms with Crippen molar-refractivity contribution in [2.45, 2.75) is 31.9 Å². The van der Waals surface area contributed by atoms with Crippen LogP contribution in [0.1, 0.15) is 37.0 Å². The van der Waals surface area contributed by atoms with Gasteiger partial charge in [0.15, 0.2) is 5.96 Å². The Kier molecular flexibility index (Phi) is 11.6. The number of guanidine groups is 1. The van der Waals surface area contributed by atoms with Gasteiger partial charge in [0, 0.05) is 49.3 Å². The fourth-order valence-electron chi connectivity index (χ4n) is 2.80. The predicted molar refractivity (Wildman–Crippen MR) is 125 cm³/mol. The second kappa shape index (κ2) is 13.1. The Labute approximate surface area is 183 Å². The highest BCUT2D eigenvalue weighted by atomic mass is 127. The van der Waals surface area contributed by atoms with Crippen LogP contribution in [0.4, 0.5) is 0 Å². The van der Waals surface area contributed by atoms with Gasteiger partial charge in [-0.2, -0.15) is 11.8 Å². The molecule has 1 aromatic rings. The first-order valence-corrected chi connectivity index (χ1v) is 10.4. The first-order chi connectivity index (χ1) is 12.6. The number of phenolic OH excluding ortho intramolecular Hbond substituents is 1. The van der Waals surface area contributed by atoms with Gasteiger partial charge < -0.3 is 20.6 Å². The number of halogens is 1. The summed E-state index contributed by atoms with van der Waals surface area (Å²) >= 11 is 2.05. The molecule has 1 unspecified atom stereocenters. The summed E-state index contributed by atoms with van der Waals surface area (Å²) in [6.45, 7) is 8.48. The number of thioether (sulfide) groups is 1. The van der Waals surface area contributed by atoms with Crippen molar-refractivity contribution in [3.63, 3.8) is 0 Å². The molecule has 0 aromatic heterocycles. The molecule has 3 N–H and O–H groups in total. The zero-order valence-corrected chi connectivity index (χ0v) is 19.3. The van der Waals surface area contributed by atoms with Gasteiger partial charge >= 0.3 is 0 Å². The van der Waals surface area contributed by atoms with E-state index < -0.39 is 0 Å². The first-order valence-electron chi connectivity index (χ1n) is 9.36. The molecule has 2 rings (SSSR count). The fourth-order valence-corrected chi connectivity index (χ4v) is 3.98. The number of hydrogen-bond donors (Lipinski definition) is 3. The molecule has 1 fully saturated rings. The lowest BCUT2D eigenvalue weighted by Crippen LogP contribution is -2.48. The summed E-state index contributed by atoms with van der Waals surface area (Å²) in [5.41, 5.74) is 0.471. The summed E-state index contributed by atoms with van der Waals surface area (Å²) in [7, 11) is 0. The number of nitrogens with zero attached hydrogens (tertiary/aromatic N) is 2. The van der Waals surface area contributed by atoms with Crippen LogP contribution in [-0.2, 0) is 0 Å². The number of carbonyl (C=O) groups excluding carboxylic acids is 1. The number of hydrogen-bond acceptors (Lipinski definition) is 4. The quantitative estimate of drug-likeness (QED) is 0.230. The first kappa shape index (κ1) is 23.9. The third kappa shape index (κ3) is 8.16. The average Bonchev–Trinajstić information content (AvgIpc) is 2.66. The van der Waals surface area contributed by atoms with E-state index in [4.69, 9.17) is 4.99 Å². The largest absolute Gasteiger partial charge is 0.508 e. The van der Waals surface area contributed by atoms with Crippen LogP contribution in [0, 0.1) is 0 Å². The van der Waals surface area contributed by atoms with Gasteiger partial charge in [-0.25, -0.2) is 0 Å². The van der Waals surface area contributed by atoms with E-state index in [-0.39, 0.29) is 35.6 Å². The molecule has 1 amide bonds. The van der Waals surface area contributed by atoms with Crippen LogP contribution >= 0.6 is 35.7 Å². The Morgan fingerprint density at radius 2 is 2.19 bits per heavy atom. The maximum absolute atomic E-state index is 12.0. The second-order valence-electron chi connectivity index (χ2n) is 6.24. The molecule has 1 heterocycles. The van der Waals surface area contributed by atoms with Gasteiger partial charge in [-0.1, -0.05) is 13.0 Å². The van der Waals surface area contributed by atoms with Crippen molar-refractivity contribution in [2.24, 2.45) is 4.99 Å². The molecule has 0 saturated carbocycles. The van der Waals surface area contributed by atoms with E-state index in [1.54, 1.807) is 18.2 Å². The molecule has 0 aliphatic carbocycles. The predicted octanol–water partition coefficient (Wildman–Crippen LogP) is 2.92. The van der Waals surface area contributed by atoms with Crippen molar-refractivity contribution in [3.05, 3.63) is 29.8 Å². The zero-order chi connectivity index (χ0) is 18.8. The Morgan fingerprint density at radius 1 is 1.37 bits per heavy atom. The molecule has 1 aliphatic rings.